The molecule has 0 bridgehead atoms. The zero-order valence-corrected chi connectivity index (χ0v) is 35.7. The van der Waals surface area contributed by atoms with Crippen molar-refractivity contribution in [2.75, 3.05) is 53.2 Å². The molecule has 0 saturated carbocycles. The lowest BCUT2D eigenvalue weighted by atomic mass is 9.97. The number of alkyl halides is 6. The SMILES string of the molecule is CNC(=O)CCC(C=O)N1C(=O)c2cccc(OCC(=O)NCCOCCOCCCCCOc3ccc(-c4cc(C(F)(F)F)nn4C)c(O)c3-c3ccc(Cl)c(C(F)(F)F)c3)c2C1=O. The minimum Gasteiger partial charge on any atom is -0.506 e. The summed E-state index contributed by atoms with van der Waals surface area (Å²) in [4.78, 5) is 62.7. The lowest BCUT2D eigenvalue weighted by molar-refractivity contribution is -0.141. The molecule has 0 fully saturated rings. The predicted molar refractivity (Wildman–Crippen MR) is 220 cm³/mol. The molecule has 1 aliphatic rings. The Hall–Kier alpha value is -6.19. The highest BCUT2D eigenvalue weighted by Gasteiger charge is 2.42. The second kappa shape index (κ2) is 22.1. The van der Waals surface area contributed by atoms with Crippen LogP contribution in [0.2, 0.25) is 5.02 Å². The number of phenols is 1. The van der Waals surface area contributed by atoms with Crippen LogP contribution in [-0.4, -0.2) is 109 Å². The van der Waals surface area contributed by atoms with E-state index < -0.39 is 64.8 Å². The number of unbranched alkanes of at least 4 members (excludes halogenated alkanes) is 2. The Morgan fingerprint density at radius 3 is 2.22 bits per heavy atom. The van der Waals surface area contributed by atoms with Gasteiger partial charge in [0.15, 0.2) is 12.3 Å². The first-order valence-electron chi connectivity index (χ1n) is 20.1. The molecule has 1 aliphatic heterocycles. The normalized spacial score (nSPS) is 13.2. The maximum Gasteiger partial charge on any atom is 0.435 e. The van der Waals surface area contributed by atoms with E-state index in [2.05, 4.69) is 15.7 Å². The van der Waals surface area contributed by atoms with E-state index >= 15 is 0 Å². The average molecular weight is 940 g/mol. The van der Waals surface area contributed by atoms with Crippen molar-refractivity contribution in [2.45, 2.75) is 50.5 Å². The highest BCUT2D eigenvalue weighted by atomic mass is 35.5. The van der Waals surface area contributed by atoms with Gasteiger partial charge in [0.05, 0.1) is 65.4 Å². The van der Waals surface area contributed by atoms with Gasteiger partial charge in [0.2, 0.25) is 5.91 Å². The van der Waals surface area contributed by atoms with Gasteiger partial charge in [-0.25, -0.2) is 0 Å². The van der Waals surface area contributed by atoms with Crippen LogP contribution in [-0.2, 0) is 43.3 Å². The quantitative estimate of drug-likeness (QED) is 0.0314. The largest absolute Gasteiger partial charge is 0.506 e. The molecule has 4 aromatic rings. The number of nitrogens with zero attached hydrogens (tertiary/aromatic N) is 3. The van der Waals surface area contributed by atoms with E-state index in [1.165, 1.54) is 50.5 Å². The van der Waals surface area contributed by atoms with Gasteiger partial charge in [-0.15, -0.1) is 0 Å². The third kappa shape index (κ3) is 12.5. The number of aromatic nitrogens is 2. The van der Waals surface area contributed by atoms with Gasteiger partial charge >= 0.3 is 12.4 Å². The molecule has 3 N–H and O–H groups in total. The second-order valence-corrected chi connectivity index (χ2v) is 14.8. The summed E-state index contributed by atoms with van der Waals surface area (Å²) >= 11 is 5.82. The Kier molecular flexibility index (Phi) is 17.0. The van der Waals surface area contributed by atoms with Gasteiger partial charge in [0, 0.05) is 39.2 Å². The number of carbonyl (C=O) groups excluding carboxylic acids is 5. The van der Waals surface area contributed by atoms with Crippen molar-refractivity contribution in [2.24, 2.45) is 7.05 Å². The standard InChI is InChI=1S/C43H44ClF6N5O10/c1-51-35(57)14-10-26(23-56)55-40(60)28-7-6-8-32(38(28)41(55)61)65-24-36(58)52-15-18-63-20-19-62-16-4-3-5-17-64-33-13-11-27(31-22-34(43(48,49)50)53-54(31)2)39(59)37(33)25-9-12-30(44)29(21-25)42(45,46)47/h6-9,11-13,21-23,26,59H,3-5,10,14-20,24H2,1-2H3,(H,51,57)(H,52,58). The first kappa shape index (κ1) is 49.8. The van der Waals surface area contributed by atoms with Crippen LogP contribution in [0.1, 0.15) is 64.1 Å². The number of phenolic OH excluding ortho intramolecular Hbond substituents is 1. The molecule has 22 heteroatoms. The number of ether oxygens (including phenoxy) is 4. The third-order valence-electron chi connectivity index (χ3n) is 9.98. The van der Waals surface area contributed by atoms with Crippen molar-refractivity contribution >= 4 is 41.5 Å². The molecule has 0 saturated heterocycles. The highest BCUT2D eigenvalue weighted by Crippen LogP contribution is 2.47. The molecule has 15 nitrogen and oxygen atoms in total. The minimum atomic E-state index is -4.84. The molecule has 1 aromatic heterocycles. The van der Waals surface area contributed by atoms with Crippen LogP contribution in [0.5, 0.6) is 17.2 Å². The molecular formula is C43H44ClF6N5O10. The number of amides is 4. The number of aryl methyl sites for hydroxylation is 1. The first-order chi connectivity index (χ1) is 30.9. The number of aldehydes is 1. The second-order valence-electron chi connectivity index (χ2n) is 14.4. The van der Waals surface area contributed by atoms with Gasteiger partial charge in [0.1, 0.15) is 23.5 Å². The number of hydrogen-bond acceptors (Lipinski definition) is 11. The lowest BCUT2D eigenvalue weighted by Gasteiger charge is -2.21. The Balaban J connectivity index is 1.02. The smallest absolute Gasteiger partial charge is 0.435 e. The number of benzene rings is 3. The number of hydrogen-bond donors (Lipinski definition) is 3. The maximum absolute atomic E-state index is 13.8. The Morgan fingerprint density at radius 1 is 0.831 bits per heavy atom. The van der Waals surface area contributed by atoms with Crippen molar-refractivity contribution in [1.82, 2.24) is 25.3 Å². The van der Waals surface area contributed by atoms with E-state index in [9.17, 15) is 55.4 Å². The number of halogens is 7. The van der Waals surface area contributed by atoms with Crippen LogP contribution in [0, 0.1) is 0 Å². The van der Waals surface area contributed by atoms with Crippen LogP contribution < -0.4 is 20.1 Å². The van der Waals surface area contributed by atoms with Crippen LogP contribution in [0.4, 0.5) is 26.3 Å². The third-order valence-corrected chi connectivity index (χ3v) is 10.3. The summed E-state index contributed by atoms with van der Waals surface area (Å²) in [5, 5.41) is 19.2. The molecule has 1 atom stereocenters. The molecular weight excluding hydrogens is 896 g/mol. The summed E-state index contributed by atoms with van der Waals surface area (Å²) in [6, 6.07) is 9.42. The molecule has 3 aromatic carbocycles. The highest BCUT2D eigenvalue weighted by molar-refractivity contribution is 6.31. The van der Waals surface area contributed by atoms with Crippen molar-refractivity contribution in [3.63, 3.8) is 0 Å². The predicted octanol–water partition coefficient (Wildman–Crippen LogP) is 6.62. The molecule has 5 rings (SSSR count). The van der Waals surface area contributed by atoms with E-state index in [1.54, 1.807) is 0 Å². The number of carbonyl (C=O) groups is 5. The fraction of sp³-hybridized carbons (Fsp3) is 0.395. The van der Waals surface area contributed by atoms with Crippen LogP contribution in [0.3, 0.4) is 0 Å². The molecule has 0 aliphatic carbocycles. The first-order valence-corrected chi connectivity index (χ1v) is 20.4. The summed E-state index contributed by atoms with van der Waals surface area (Å²) in [5.41, 5.74) is -3.07. The van der Waals surface area contributed by atoms with Crippen molar-refractivity contribution in [3.8, 4) is 39.6 Å². The van der Waals surface area contributed by atoms with Crippen molar-refractivity contribution in [1.29, 1.82) is 0 Å². The zero-order chi connectivity index (χ0) is 47.5. The van der Waals surface area contributed by atoms with E-state index in [4.69, 9.17) is 30.5 Å². The van der Waals surface area contributed by atoms with Crippen molar-refractivity contribution < 1.29 is 74.4 Å². The summed E-state index contributed by atoms with van der Waals surface area (Å²) < 4.78 is 105. The molecule has 1 unspecified atom stereocenters. The van der Waals surface area contributed by atoms with Gasteiger partial charge in [-0.2, -0.15) is 31.4 Å². The van der Waals surface area contributed by atoms with E-state index in [0.29, 0.717) is 38.2 Å². The van der Waals surface area contributed by atoms with Gasteiger partial charge < -0.3 is 39.5 Å². The number of imide groups is 1. The van der Waals surface area contributed by atoms with Gasteiger partial charge in [0.25, 0.3) is 17.7 Å². The molecule has 0 spiro atoms. The summed E-state index contributed by atoms with van der Waals surface area (Å²) in [6.07, 6.45) is -7.68. The molecule has 0 radical (unpaired) electrons. The van der Waals surface area contributed by atoms with Crippen LogP contribution in [0.15, 0.2) is 54.6 Å². The number of rotatable bonds is 23. The summed E-state index contributed by atoms with van der Waals surface area (Å²) in [7, 11) is 2.65. The van der Waals surface area contributed by atoms with Crippen LogP contribution in [0.25, 0.3) is 22.4 Å². The minimum absolute atomic E-state index is 0.00546. The van der Waals surface area contributed by atoms with Crippen molar-refractivity contribution in [3.05, 3.63) is 82.0 Å². The monoisotopic (exact) mass is 939 g/mol. The number of fused-ring (bicyclic) bond motifs is 1. The van der Waals surface area contributed by atoms with Crippen LogP contribution >= 0.6 is 11.6 Å². The summed E-state index contributed by atoms with van der Waals surface area (Å²) in [5.74, 6) is -3.04. The van der Waals surface area contributed by atoms with E-state index in [1.807, 2.05) is 0 Å². The van der Waals surface area contributed by atoms with Gasteiger partial charge in [-0.1, -0.05) is 23.7 Å². The van der Waals surface area contributed by atoms with E-state index in [0.717, 1.165) is 21.7 Å². The fourth-order valence-corrected chi connectivity index (χ4v) is 6.96. The van der Waals surface area contributed by atoms with Gasteiger partial charge in [-0.05, 0) is 73.7 Å². The fourth-order valence-electron chi connectivity index (χ4n) is 6.73. The number of aromatic hydroxyl groups is 1. The van der Waals surface area contributed by atoms with Gasteiger partial charge in [-0.3, -0.25) is 28.8 Å². The summed E-state index contributed by atoms with van der Waals surface area (Å²) in [6.45, 7) is 0.659. The Labute approximate surface area is 372 Å². The topological polar surface area (TPSA) is 188 Å². The average Bonchev–Trinajstić information content (AvgIpc) is 3.78. The Morgan fingerprint density at radius 2 is 1.54 bits per heavy atom. The number of nitrogens with one attached hydrogen (secondary N) is 2. The maximum atomic E-state index is 13.8. The molecule has 65 heavy (non-hydrogen) atoms. The Bertz CT molecular complexity index is 2370. The zero-order valence-electron chi connectivity index (χ0n) is 34.9. The lowest BCUT2D eigenvalue weighted by Crippen LogP contribution is -2.41. The molecule has 4 amide bonds. The molecule has 350 valence electrons. The van der Waals surface area contributed by atoms with E-state index in [-0.39, 0.29) is 96.7 Å². The molecule has 2 heterocycles.